The van der Waals surface area contributed by atoms with Crippen LogP contribution in [0.1, 0.15) is 46.0 Å². The molecule has 0 radical (unpaired) electrons. The summed E-state index contributed by atoms with van der Waals surface area (Å²) in [7, 11) is 1.54. The normalized spacial score (nSPS) is 29.7. The number of carbonyl (C=O) groups excluding carboxylic acids is 1. The molecule has 1 amide bonds. The number of likely N-dealkylation sites (N-methyl/N-ethyl adjacent to an activating group) is 1. The van der Waals surface area contributed by atoms with Crippen molar-refractivity contribution in [2.75, 3.05) is 7.05 Å². The molecule has 0 aromatic carbocycles. The van der Waals surface area contributed by atoms with E-state index in [4.69, 9.17) is 10.8 Å². The third-order valence-corrected chi connectivity index (χ3v) is 3.92. The van der Waals surface area contributed by atoms with Crippen molar-refractivity contribution in [2.45, 2.75) is 57.5 Å². The first-order chi connectivity index (χ1) is 8.31. The van der Waals surface area contributed by atoms with E-state index in [1.807, 2.05) is 0 Å². The molecular weight excluding hydrogens is 232 g/mol. The Morgan fingerprint density at radius 3 is 2.61 bits per heavy atom. The second-order valence-electron chi connectivity index (χ2n) is 5.54. The van der Waals surface area contributed by atoms with Crippen molar-refractivity contribution < 1.29 is 14.7 Å². The van der Waals surface area contributed by atoms with E-state index in [0.29, 0.717) is 25.2 Å². The number of hydrogen-bond acceptors (Lipinski definition) is 3. The number of rotatable bonds is 4. The minimum Gasteiger partial charge on any atom is -0.480 e. The quantitative estimate of drug-likeness (QED) is 0.792. The van der Waals surface area contributed by atoms with Crippen LogP contribution in [-0.4, -0.2) is 40.5 Å². The second kappa shape index (κ2) is 5.69. The minimum atomic E-state index is -0.971. The summed E-state index contributed by atoms with van der Waals surface area (Å²) in [5, 5.41) is 9.09. The fourth-order valence-electron chi connectivity index (χ4n) is 2.89. The number of hydrogen-bond donors (Lipinski definition) is 2. The van der Waals surface area contributed by atoms with Crippen molar-refractivity contribution in [2.24, 2.45) is 11.7 Å². The molecule has 104 valence electrons. The molecule has 0 bridgehead atoms. The second-order valence-corrected chi connectivity index (χ2v) is 5.54. The summed E-state index contributed by atoms with van der Waals surface area (Å²) in [6.45, 7) is 3.85. The van der Waals surface area contributed by atoms with Gasteiger partial charge in [0, 0.05) is 7.05 Å². The van der Waals surface area contributed by atoms with Crippen LogP contribution in [0.3, 0.4) is 0 Å². The van der Waals surface area contributed by atoms with E-state index in [-0.39, 0.29) is 5.91 Å². The van der Waals surface area contributed by atoms with E-state index in [1.54, 1.807) is 14.0 Å². The Labute approximate surface area is 108 Å². The van der Waals surface area contributed by atoms with Gasteiger partial charge in [-0.15, -0.1) is 0 Å². The third kappa shape index (κ3) is 3.02. The fourth-order valence-corrected chi connectivity index (χ4v) is 2.89. The Hall–Kier alpha value is -1.10. The molecule has 0 aromatic heterocycles. The lowest BCUT2D eigenvalue weighted by molar-refractivity contribution is -0.152. The number of nitrogens with zero attached hydrogens (tertiary/aromatic N) is 1. The van der Waals surface area contributed by atoms with Gasteiger partial charge in [0.25, 0.3) is 0 Å². The zero-order valence-electron chi connectivity index (χ0n) is 11.5. The number of aliphatic carboxylic acids is 1. The lowest BCUT2D eigenvalue weighted by Crippen LogP contribution is -2.59. The van der Waals surface area contributed by atoms with Crippen LogP contribution < -0.4 is 5.73 Å². The topological polar surface area (TPSA) is 83.6 Å². The summed E-state index contributed by atoms with van der Waals surface area (Å²) < 4.78 is 0. The lowest BCUT2D eigenvalue weighted by Gasteiger charge is -2.39. The van der Waals surface area contributed by atoms with Gasteiger partial charge in [-0.1, -0.05) is 26.7 Å². The molecule has 18 heavy (non-hydrogen) atoms. The first-order valence-electron chi connectivity index (χ1n) is 6.60. The summed E-state index contributed by atoms with van der Waals surface area (Å²) in [5.41, 5.74) is 5.32. The van der Waals surface area contributed by atoms with Crippen molar-refractivity contribution in [3.63, 3.8) is 0 Å². The molecule has 3 N–H and O–H groups in total. The number of carboxylic acids is 1. The molecule has 0 heterocycles. The standard InChI is InChI=1S/C13H24N2O3/c1-4-10(11(16)17)15(3)12(18)13(14)7-5-6-9(2)8-13/h9-10H,4-8,14H2,1-3H3,(H,16,17). The largest absolute Gasteiger partial charge is 0.480 e. The average Bonchev–Trinajstić information content (AvgIpc) is 2.27. The number of nitrogens with two attached hydrogens (primary N) is 1. The molecule has 0 saturated heterocycles. The zero-order valence-corrected chi connectivity index (χ0v) is 11.5. The van der Waals surface area contributed by atoms with E-state index in [2.05, 4.69) is 6.92 Å². The van der Waals surface area contributed by atoms with Gasteiger partial charge in [-0.25, -0.2) is 4.79 Å². The van der Waals surface area contributed by atoms with Gasteiger partial charge in [0.15, 0.2) is 0 Å². The van der Waals surface area contributed by atoms with Crippen molar-refractivity contribution >= 4 is 11.9 Å². The molecule has 3 atom stereocenters. The SMILES string of the molecule is CCC(C(=O)O)N(C)C(=O)C1(N)CCCC(C)C1. The molecule has 1 aliphatic rings. The van der Waals surface area contributed by atoms with E-state index < -0.39 is 17.6 Å². The average molecular weight is 256 g/mol. The Balaban J connectivity index is 2.81. The fraction of sp³-hybridized carbons (Fsp3) is 0.846. The highest BCUT2D eigenvalue weighted by atomic mass is 16.4. The van der Waals surface area contributed by atoms with Crippen LogP contribution in [0.15, 0.2) is 0 Å². The van der Waals surface area contributed by atoms with E-state index >= 15 is 0 Å². The number of amides is 1. The van der Waals surface area contributed by atoms with Gasteiger partial charge in [-0.3, -0.25) is 4.79 Å². The smallest absolute Gasteiger partial charge is 0.326 e. The summed E-state index contributed by atoms with van der Waals surface area (Å²) in [5.74, 6) is -0.782. The van der Waals surface area contributed by atoms with Gasteiger partial charge in [-0.2, -0.15) is 0 Å². The molecule has 0 aromatic rings. The van der Waals surface area contributed by atoms with Gasteiger partial charge in [-0.05, 0) is 25.2 Å². The highest BCUT2D eigenvalue weighted by Crippen LogP contribution is 2.32. The van der Waals surface area contributed by atoms with Gasteiger partial charge >= 0.3 is 5.97 Å². The molecule has 0 aliphatic heterocycles. The maximum absolute atomic E-state index is 12.4. The van der Waals surface area contributed by atoms with Crippen LogP contribution in [0.4, 0.5) is 0 Å². The van der Waals surface area contributed by atoms with Crippen LogP contribution in [0.25, 0.3) is 0 Å². The van der Waals surface area contributed by atoms with Crippen molar-refractivity contribution in [1.29, 1.82) is 0 Å². The van der Waals surface area contributed by atoms with E-state index in [1.165, 1.54) is 4.90 Å². The molecule has 1 saturated carbocycles. The molecule has 5 heteroatoms. The number of carbonyl (C=O) groups is 2. The van der Waals surface area contributed by atoms with Gasteiger partial charge in [0.2, 0.25) is 5.91 Å². The maximum atomic E-state index is 12.4. The van der Waals surface area contributed by atoms with Crippen molar-refractivity contribution in [1.82, 2.24) is 4.90 Å². The van der Waals surface area contributed by atoms with Gasteiger partial charge in [0.1, 0.15) is 6.04 Å². The minimum absolute atomic E-state index is 0.233. The van der Waals surface area contributed by atoms with Gasteiger partial charge < -0.3 is 15.7 Å². The monoisotopic (exact) mass is 256 g/mol. The summed E-state index contributed by atoms with van der Waals surface area (Å²) >= 11 is 0. The van der Waals surface area contributed by atoms with Crippen LogP contribution in [-0.2, 0) is 9.59 Å². The van der Waals surface area contributed by atoms with Crippen molar-refractivity contribution in [3.05, 3.63) is 0 Å². The molecule has 3 unspecified atom stereocenters. The van der Waals surface area contributed by atoms with Crippen LogP contribution in [0, 0.1) is 5.92 Å². The van der Waals surface area contributed by atoms with Gasteiger partial charge in [0.05, 0.1) is 5.54 Å². The zero-order chi connectivity index (χ0) is 13.9. The Morgan fingerprint density at radius 2 is 2.17 bits per heavy atom. The molecule has 1 aliphatic carbocycles. The summed E-state index contributed by atoms with van der Waals surface area (Å²) in [6, 6.07) is -0.782. The van der Waals surface area contributed by atoms with Crippen molar-refractivity contribution in [3.8, 4) is 0 Å². The first kappa shape index (κ1) is 15.0. The molecule has 1 fully saturated rings. The highest BCUT2D eigenvalue weighted by molar-refractivity contribution is 5.89. The van der Waals surface area contributed by atoms with E-state index in [0.717, 1.165) is 12.8 Å². The summed E-state index contributed by atoms with van der Waals surface area (Å²) in [6.07, 6.45) is 3.71. The predicted molar refractivity (Wildman–Crippen MR) is 69.0 cm³/mol. The maximum Gasteiger partial charge on any atom is 0.326 e. The molecular formula is C13H24N2O3. The predicted octanol–water partition coefficient (Wildman–Crippen LogP) is 1.22. The number of carboxylic acid groups (broad SMARTS) is 1. The Morgan fingerprint density at radius 1 is 1.56 bits per heavy atom. The Bertz CT molecular complexity index is 332. The summed E-state index contributed by atoms with van der Waals surface area (Å²) in [4.78, 5) is 24.8. The molecule has 5 nitrogen and oxygen atoms in total. The van der Waals surface area contributed by atoms with Crippen LogP contribution >= 0.6 is 0 Å². The Kier molecular flexibility index (Phi) is 4.73. The highest BCUT2D eigenvalue weighted by Gasteiger charge is 2.42. The van der Waals surface area contributed by atoms with Crippen LogP contribution in [0.5, 0.6) is 0 Å². The third-order valence-electron chi connectivity index (χ3n) is 3.92. The molecule has 0 spiro atoms. The molecule has 1 rings (SSSR count). The van der Waals surface area contributed by atoms with E-state index in [9.17, 15) is 9.59 Å². The first-order valence-corrected chi connectivity index (χ1v) is 6.60. The lowest BCUT2D eigenvalue weighted by atomic mass is 9.76. The van der Waals surface area contributed by atoms with Crippen LogP contribution in [0.2, 0.25) is 0 Å².